The highest BCUT2D eigenvalue weighted by molar-refractivity contribution is 6.35. The second kappa shape index (κ2) is 4.51. The molecule has 1 N–H and O–H groups in total. The predicted octanol–water partition coefficient (Wildman–Crippen LogP) is 1.57. The van der Waals surface area contributed by atoms with Crippen molar-refractivity contribution >= 4 is 11.7 Å². The second-order valence-electron chi connectivity index (χ2n) is 4.53. The Kier molecular flexibility index (Phi) is 3.52. The van der Waals surface area contributed by atoms with E-state index in [0.29, 0.717) is 6.54 Å². The largest absolute Gasteiger partial charge is 0.466 e. The number of carbonyl (C=O) groups is 2. The molecule has 0 saturated carbocycles. The summed E-state index contributed by atoms with van der Waals surface area (Å²) in [6.45, 7) is 7.39. The van der Waals surface area contributed by atoms with E-state index in [4.69, 9.17) is 4.42 Å². The summed E-state index contributed by atoms with van der Waals surface area (Å²) in [4.78, 5) is 21.9. The van der Waals surface area contributed by atoms with Gasteiger partial charge in [0.25, 0.3) is 5.91 Å². The first kappa shape index (κ1) is 12.5. The van der Waals surface area contributed by atoms with Crippen LogP contribution >= 0.6 is 0 Å². The van der Waals surface area contributed by atoms with Crippen LogP contribution in [0.25, 0.3) is 0 Å². The van der Waals surface area contributed by atoms with E-state index in [9.17, 15) is 9.59 Å². The Morgan fingerprint density at radius 3 is 2.44 bits per heavy atom. The van der Waals surface area contributed by atoms with Crippen LogP contribution in [0.3, 0.4) is 0 Å². The summed E-state index contributed by atoms with van der Waals surface area (Å²) in [5.41, 5.74) is -0.320. The Balaban J connectivity index is 2.65. The van der Waals surface area contributed by atoms with Gasteiger partial charge in [0, 0.05) is 18.9 Å². The van der Waals surface area contributed by atoms with Gasteiger partial charge in [-0.2, -0.15) is 0 Å². The summed E-state index contributed by atoms with van der Waals surface area (Å²) in [5, 5.41) is 2.58. The number of carbonyl (C=O) groups excluding carboxylic acids is 2. The Morgan fingerprint density at radius 1 is 1.38 bits per heavy atom. The van der Waals surface area contributed by atoms with E-state index in [1.54, 1.807) is 0 Å². The summed E-state index contributed by atoms with van der Waals surface area (Å²) in [6, 6.07) is 3.76. The zero-order valence-electron chi connectivity index (χ0n) is 10.1. The molecule has 4 heteroatoms. The van der Waals surface area contributed by atoms with Crippen LogP contribution in [0, 0.1) is 6.92 Å². The van der Waals surface area contributed by atoms with Gasteiger partial charge in [0.1, 0.15) is 11.5 Å². The molecular weight excluding hydrogens is 206 g/mol. The normalized spacial score (nSPS) is 11.2. The van der Waals surface area contributed by atoms with Crippen LogP contribution in [0.1, 0.15) is 32.3 Å². The van der Waals surface area contributed by atoms with E-state index in [-0.39, 0.29) is 5.41 Å². The van der Waals surface area contributed by atoms with Crippen molar-refractivity contribution in [3.8, 4) is 0 Å². The number of hydrogen-bond donors (Lipinski definition) is 1. The van der Waals surface area contributed by atoms with Crippen molar-refractivity contribution in [2.75, 3.05) is 6.54 Å². The van der Waals surface area contributed by atoms with E-state index < -0.39 is 11.7 Å². The average Bonchev–Trinajstić information content (AvgIpc) is 2.61. The Bertz CT molecular complexity index is 404. The minimum Gasteiger partial charge on any atom is -0.466 e. The lowest BCUT2D eigenvalue weighted by molar-refractivity contribution is -0.136. The van der Waals surface area contributed by atoms with Crippen molar-refractivity contribution in [1.29, 1.82) is 0 Å². The van der Waals surface area contributed by atoms with Gasteiger partial charge in [0.2, 0.25) is 5.78 Å². The summed E-state index contributed by atoms with van der Waals surface area (Å²) in [5.74, 6) is 0.595. The fourth-order valence-corrected chi connectivity index (χ4v) is 1.31. The number of furan rings is 1. The molecule has 0 bridgehead atoms. The third-order valence-corrected chi connectivity index (χ3v) is 2.42. The molecule has 1 aromatic heterocycles. The zero-order chi connectivity index (χ0) is 12.3. The molecule has 16 heavy (non-hydrogen) atoms. The van der Waals surface area contributed by atoms with Crippen molar-refractivity contribution in [3.05, 3.63) is 23.7 Å². The molecule has 1 rings (SSSR count). The number of rotatable bonds is 4. The van der Waals surface area contributed by atoms with Crippen LogP contribution in [-0.4, -0.2) is 18.2 Å². The van der Waals surface area contributed by atoms with Crippen molar-refractivity contribution in [2.45, 2.75) is 33.1 Å². The van der Waals surface area contributed by atoms with Crippen LogP contribution < -0.4 is 5.32 Å². The van der Waals surface area contributed by atoms with Gasteiger partial charge in [-0.15, -0.1) is 0 Å². The summed E-state index contributed by atoms with van der Waals surface area (Å²) in [6.07, 6.45) is 0. The SMILES string of the molecule is CC(=O)C(=O)NCC(C)(C)c1ccc(C)o1. The highest BCUT2D eigenvalue weighted by Crippen LogP contribution is 2.24. The molecule has 1 aromatic rings. The Hall–Kier alpha value is -1.58. The lowest BCUT2D eigenvalue weighted by Crippen LogP contribution is -2.39. The molecular formula is C12H17NO3. The fourth-order valence-electron chi connectivity index (χ4n) is 1.31. The van der Waals surface area contributed by atoms with Gasteiger partial charge in [-0.3, -0.25) is 9.59 Å². The maximum Gasteiger partial charge on any atom is 0.287 e. The van der Waals surface area contributed by atoms with E-state index in [0.717, 1.165) is 11.5 Å². The second-order valence-corrected chi connectivity index (χ2v) is 4.53. The van der Waals surface area contributed by atoms with Gasteiger partial charge in [0.05, 0.1) is 0 Å². The fraction of sp³-hybridized carbons (Fsp3) is 0.500. The van der Waals surface area contributed by atoms with Crippen LogP contribution in [0.5, 0.6) is 0 Å². The molecule has 1 amide bonds. The van der Waals surface area contributed by atoms with E-state index in [1.165, 1.54) is 6.92 Å². The number of amides is 1. The van der Waals surface area contributed by atoms with Gasteiger partial charge in [-0.05, 0) is 19.1 Å². The molecule has 0 aromatic carbocycles. The van der Waals surface area contributed by atoms with Crippen molar-refractivity contribution in [1.82, 2.24) is 5.32 Å². The van der Waals surface area contributed by atoms with Crippen molar-refractivity contribution in [3.63, 3.8) is 0 Å². The average molecular weight is 223 g/mol. The summed E-state index contributed by atoms with van der Waals surface area (Å²) in [7, 11) is 0. The van der Waals surface area contributed by atoms with Gasteiger partial charge >= 0.3 is 0 Å². The third-order valence-electron chi connectivity index (χ3n) is 2.42. The van der Waals surface area contributed by atoms with Crippen LogP contribution in [-0.2, 0) is 15.0 Å². The van der Waals surface area contributed by atoms with Gasteiger partial charge < -0.3 is 9.73 Å². The highest BCUT2D eigenvalue weighted by Gasteiger charge is 2.25. The lowest BCUT2D eigenvalue weighted by Gasteiger charge is -2.22. The van der Waals surface area contributed by atoms with Crippen molar-refractivity contribution in [2.24, 2.45) is 0 Å². The Morgan fingerprint density at radius 2 is 2.00 bits per heavy atom. The van der Waals surface area contributed by atoms with Crippen LogP contribution in [0.15, 0.2) is 16.5 Å². The number of ketones is 1. The van der Waals surface area contributed by atoms with Crippen LogP contribution in [0.4, 0.5) is 0 Å². The lowest BCUT2D eigenvalue weighted by atomic mass is 9.90. The monoisotopic (exact) mass is 223 g/mol. The molecule has 0 fully saturated rings. The number of hydrogen-bond acceptors (Lipinski definition) is 3. The molecule has 0 aliphatic heterocycles. The molecule has 0 spiro atoms. The number of nitrogens with one attached hydrogen (secondary N) is 1. The minimum atomic E-state index is -0.559. The molecule has 0 aliphatic rings. The van der Waals surface area contributed by atoms with E-state index >= 15 is 0 Å². The number of aryl methyl sites for hydroxylation is 1. The van der Waals surface area contributed by atoms with E-state index in [2.05, 4.69) is 5.32 Å². The first-order valence-electron chi connectivity index (χ1n) is 5.18. The molecule has 0 aliphatic carbocycles. The standard InChI is InChI=1S/C12H17NO3/c1-8-5-6-10(16-8)12(3,4)7-13-11(15)9(2)14/h5-6H,7H2,1-4H3,(H,13,15). The van der Waals surface area contributed by atoms with Gasteiger partial charge in [-0.1, -0.05) is 13.8 Å². The highest BCUT2D eigenvalue weighted by atomic mass is 16.3. The molecule has 4 nitrogen and oxygen atoms in total. The zero-order valence-corrected chi connectivity index (χ0v) is 10.1. The van der Waals surface area contributed by atoms with E-state index in [1.807, 2.05) is 32.9 Å². The smallest absolute Gasteiger partial charge is 0.287 e. The maximum atomic E-state index is 11.1. The Labute approximate surface area is 95.0 Å². The van der Waals surface area contributed by atoms with Gasteiger partial charge in [0.15, 0.2) is 0 Å². The molecule has 0 unspecified atom stereocenters. The predicted molar refractivity (Wildman–Crippen MR) is 60.2 cm³/mol. The molecule has 0 radical (unpaired) electrons. The van der Waals surface area contributed by atoms with Gasteiger partial charge in [-0.25, -0.2) is 0 Å². The topological polar surface area (TPSA) is 59.3 Å². The first-order chi connectivity index (χ1) is 7.33. The number of Topliss-reactive ketones (excluding diaryl/α,β-unsaturated/α-hetero) is 1. The van der Waals surface area contributed by atoms with Crippen LogP contribution in [0.2, 0.25) is 0 Å². The quantitative estimate of drug-likeness (QED) is 0.788. The third kappa shape index (κ3) is 2.95. The molecule has 1 heterocycles. The molecule has 0 atom stereocenters. The first-order valence-corrected chi connectivity index (χ1v) is 5.18. The maximum absolute atomic E-state index is 11.1. The summed E-state index contributed by atoms with van der Waals surface area (Å²) < 4.78 is 5.50. The minimum absolute atomic E-state index is 0.320. The summed E-state index contributed by atoms with van der Waals surface area (Å²) >= 11 is 0. The van der Waals surface area contributed by atoms with Crippen molar-refractivity contribution < 1.29 is 14.0 Å². The molecule has 0 saturated heterocycles. The molecule has 88 valence electrons.